The fourth-order valence-electron chi connectivity index (χ4n) is 4.00. The van der Waals surface area contributed by atoms with Gasteiger partial charge in [0.15, 0.2) is 0 Å². The number of nitriles is 1. The van der Waals surface area contributed by atoms with Crippen molar-refractivity contribution in [2.45, 2.75) is 12.3 Å². The minimum atomic E-state index is -0.401. The van der Waals surface area contributed by atoms with Crippen molar-refractivity contribution >= 4 is 23.5 Å². The molecule has 0 radical (unpaired) electrons. The van der Waals surface area contributed by atoms with Crippen molar-refractivity contribution in [3.8, 4) is 23.1 Å². The molecule has 0 saturated carbocycles. The summed E-state index contributed by atoms with van der Waals surface area (Å²) in [5, 5.41) is 26.0. The summed E-state index contributed by atoms with van der Waals surface area (Å²) in [4.78, 5) is 13.3. The zero-order chi connectivity index (χ0) is 24.8. The van der Waals surface area contributed by atoms with Gasteiger partial charge < -0.3 is 25.2 Å². The molecule has 9 heteroatoms. The van der Waals surface area contributed by atoms with Crippen molar-refractivity contribution in [1.29, 1.82) is 5.26 Å². The molecule has 2 aromatic carbocycles. The molecule has 35 heavy (non-hydrogen) atoms. The predicted octanol–water partition coefficient (Wildman–Crippen LogP) is 3.51. The van der Waals surface area contributed by atoms with Crippen LogP contribution in [0.4, 0.5) is 17.3 Å². The third kappa shape index (κ3) is 5.09. The number of aliphatic imine (C=N–C) groups is 1. The van der Waals surface area contributed by atoms with Gasteiger partial charge in [-0.1, -0.05) is 6.92 Å². The first kappa shape index (κ1) is 24.1. The summed E-state index contributed by atoms with van der Waals surface area (Å²) in [6.07, 6.45) is 3.48. The Labute approximate surface area is 204 Å². The summed E-state index contributed by atoms with van der Waals surface area (Å²) in [7, 11) is 3.34. The Morgan fingerprint density at radius 1 is 1.29 bits per heavy atom. The molecule has 4 rings (SSSR count). The van der Waals surface area contributed by atoms with E-state index < -0.39 is 5.41 Å². The maximum atomic E-state index is 10.1. The van der Waals surface area contributed by atoms with Crippen LogP contribution in [0.25, 0.3) is 11.3 Å². The Bertz CT molecular complexity index is 1290. The number of nitrogens with zero attached hydrogens (tertiary/aromatic N) is 4. The van der Waals surface area contributed by atoms with E-state index in [9.17, 15) is 10.4 Å². The van der Waals surface area contributed by atoms with Gasteiger partial charge in [-0.15, -0.1) is 0 Å². The molecule has 0 spiro atoms. The number of ether oxygens (including phenoxy) is 2. The zero-order valence-corrected chi connectivity index (χ0v) is 20.0. The number of hydrogen-bond acceptors (Lipinski definition) is 9. The van der Waals surface area contributed by atoms with Crippen LogP contribution in [0.2, 0.25) is 0 Å². The van der Waals surface area contributed by atoms with Crippen molar-refractivity contribution in [3.63, 3.8) is 0 Å². The van der Waals surface area contributed by atoms with E-state index in [0.717, 1.165) is 22.4 Å². The molecule has 0 aliphatic carbocycles. The van der Waals surface area contributed by atoms with Crippen LogP contribution in [0.15, 0.2) is 47.6 Å². The second kappa shape index (κ2) is 10.5. The van der Waals surface area contributed by atoms with Crippen molar-refractivity contribution in [2.24, 2.45) is 4.99 Å². The van der Waals surface area contributed by atoms with Crippen LogP contribution in [-0.2, 0) is 10.2 Å². The van der Waals surface area contributed by atoms with E-state index in [1.54, 1.807) is 44.8 Å². The second-order valence-corrected chi connectivity index (χ2v) is 8.50. The molecule has 1 aliphatic heterocycles. The molecule has 3 N–H and O–H groups in total. The maximum Gasteiger partial charge on any atom is 0.227 e. The Kier molecular flexibility index (Phi) is 7.25. The average molecular weight is 473 g/mol. The minimum Gasteiger partial charge on any atom is -0.489 e. The number of aromatic nitrogens is 2. The fourth-order valence-corrected chi connectivity index (χ4v) is 4.00. The van der Waals surface area contributed by atoms with Gasteiger partial charge in [0.25, 0.3) is 0 Å². The number of anilines is 3. The maximum absolute atomic E-state index is 10.1. The summed E-state index contributed by atoms with van der Waals surface area (Å²) in [6, 6.07) is 13.2. The van der Waals surface area contributed by atoms with Gasteiger partial charge in [-0.2, -0.15) is 5.26 Å². The molecule has 0 saturated heterocycles. The smallest absolute Gasteiger partial charge is 0.227 e. The van der Waals surface area contributed by atoms with Crippen LogP contribution in [0.1, 0.15) is 23.6 Å². The molecular formula is C26H28N6O3. The highest BCUT2D eigenvalue weighted by atomic mass is 16.5. The molecule has 1 aromatic heterocycles. The lowest BCUT2D eigenvalue weighted by Crippen LogP contribution is -2.28. The standard InChI is InChI=1S/C26H28N6O3/c1-26(16-33)15-30-24-19(14-28-2)11-18(12-20(24)26)21-6-7-29-25(31-21)32-22-10-17(13-27)4-5-23(22)35-9-8-34-3/h4-7,10-12,14,30,33H,8-9,15-16H2,1-3H3,(H,29,31,32)/t26-/m1/s1. The van der Waals surface area contributed by atoms with Gasteiger partial charge >= 0.3 is 0 Å². The highest BCUT2D eigenvalue weighted by molar-refractivity contribution is 5.93. The third-order valence-corrected chi connectivity index (χ3v) is 5.94. The largest absolute Gasteiger partial charge is 0.489 e. The second-order valence-electron chi connectivity index (χ2n) is 8.50. The highest BCUT2D eigenvalue weighted by Gasteiger charge is 2.35. The lowest BCUT2D eigenvalue weighted by atomic mass is 9.83. The molecule has 0 amide bonds. The van der Waals surface area contributed by atoms with Gasteiger partial charge in [0.1, 0.15) is 12.4 Å². The summed E-state index contributed by atoms with van der Waals surface area (Å²) < 4.78 is 10.9. The number of benzene rings is 2. The zero-order valence-electron chi connectivity index (χ0n) is 20.0. The van der Waals surface area contributed by atoms with Crippen LogP contribution < -0.4 is 15.4 Å². The van der Waals surface area contributed by atoms with Gasteiger partial charge in [0.05, 0.1) is 36.2 Å². The number of fused-ring (bicyclic) bond motifs is 1. The van der Waals surface area contributed by atoms with Crippen molar-refractivity contribution in [2.75, 3.05) is 51.2 Å². The minimum absolute atomic E-state index is 0.0246. The molecule has 180 valence electrons. The van der Waals surface area contributed by atoms with E-state index in [1.165, 1.54) is 0 Å². The van der Waals surface area contributed by atoms with Gasteiger partial charge in [-0.25, -0.2) is 9.97 Å². The third-order valence-electron chi connectivity index (χ3n) is 5.94. The number of rotatable bonds is 9. The molecule has 1 aliphatic rings. The number of hydrogen-bond donors (Lipinski definition) is 3. The van der Waals surface area contributed by atoms with E-state index in [-0.39, 0.29) is 6.61 Å². The summed E-state index contributed by atoms with van der Waals surface area (Å²) in [5.74, 6) is 0.933. The van der Waals surface area contributed by atoms with E-state index in [4.69, 9.17) is 14.5 Å². The van der Waals surface area contributed by atoms with Crippen molar-refractivity contribution in [1.82, 2.24) is 9.97 Å². The van der Waals surface area contributed by atoms with Crippen molar-refractivity contribution < 1.29 is 14.6 Å². The first-order valence-electron chi connectivity index (χ1n) is 11.2. The first-order chi connectivity index (χ1) is 17.0. The summed E-state index contributed by atoms with van der Waals surface area (Å²) in [6.45, 7) is 3.51. The molecule has 3 aromatic rings. The monoisotopic (exact) mass is 472 g/mol. The molecular weight excluding hydrogens is 444 g/mol. The Balaban J connectivity index is 1.70. The first-order valence-corrected chi connectivity index (χ1v) is 11.2. The Hall–Kier alpha value is -4.00. The Morgan fingerprint density at radius 3 is 2.89 bits per heavy atom. The Morgan fingerprint density at radius 2 is 2.14 bits per heavy atom. The normalized spacial score (nSPS) is 16.5. The lowest BCUT2D eigenvalue weighted by molar-refractivity contribution is 0.146. The van der Waals surface area contributed by atoms with Crippen LogP contribution in [0.3, 0.4) is 0 Å². The van der Waals surface area contributed by atoms with E-state index in [0.29, 0.717) is 48.4 Å². The number of aliphatic hydroxyl groups excluding tert-OH is 1. The van der Waals surface area contributed by atoms with Gasteiger partial charge in [-0.3, -0.25) is 4.99 Å². The molecule has 2 heterocycles. The van der Waals surface area contributed by atoms with Crippen LogP contribution in [0, 0.1) is 11.3 Å². The number of methoxy groups -OCH3 is 1. The fraction of sp³-hybridized carbons (Fsp3) is 0.308. The van der Waals surface area contributed by atoms with Gasteiger partial charge in [-0.05, 0) is 42.0 Å². The van der Waals surface area contributed by atoms with Crippen molar-refractivity contribution in [3.05, 3.63) is 59.3 Å². The van der Waals surface area contributed by atoms with E-state index >= 15 is 0 Å². The molecule has 1 atom stereocenters. The van der Waals surface area contributed by atoms with E-state index in [2.05, 4.69) is 32.7 Å². The number of aliphatic hydroxyl groups is 1. The van der Waals surface area contributed by atoms with Crippen LogP contribution >= 0.6 is 0 Å². The predicted molar refractivity (Wildman–Crippen MR) is 136 cm³/mol. The summed E-state index contributed by atoms with van der Waals surface area (Å²) in [5.41, 5.74) is 5.20. The molecule has 0 bridgehead atoms. The number of nitrogens with one attached hydrogen (secondary N) is 2. The molecule has 0 fully saturated rings. The quantitative estimate of drug-likeness (QED) is 0.319. The average Bonchev–Trinajstić information content (AvgIpc) is 3.22. The summed E-state index contributed by atoms with van der Waals surface area (Å²) >= 11 is 0. The lowest BCUT2D eigenvalue weighted by Gasteiger charge is -2.21. The van der Waals surface area contributed by atoms with Crippen LogP contribution in [-0.4, -0.2) is 61.8 Å². The van der Waals surface area contributed by atoms with Gasteiger partial charge in [0.2, 0.25) is 5.95 Å². The van der Waals surface area contributed by atoms with Gasteiger partial charge in [0, 0.05) is 55.3 Å². The topological polar surface area (TPSA) is 125 Å². The highest BCUT2D eigenvalue weighted by Crippen LogP contribution is 2.41. The molecule has 9 nitrogen and oxygen atoms in total. The van der Waals surface area contributed by atoms with E-state index in [1.807, 2.05) is 19.1 Å². The van der Waals surface area contributed by atoms with Crippen LogP contribution in [0.5, 0.6) is 5.75 Å². The molecule has 0 unspecified atom stereocenters. The SMILES string of the molecule is CN=Cc1cc(-c2ccnc(Nc3cc(C#N)ccc3OCCOC)n2)cc2c1NC[C@]2(C)CO.